The van der Waals surface area contributed by atoms with Gasteiger partial charge in [0.05, 0.1) is 7.11 Å². The molecule has 1 nitrogen and oxygen atoms in total. The average Bonchev–Trinajstić information content (AvgIpc) is 2.16. The first-order chi connectivity index (χ1) is 6.65. The van der Waals surface area contributed by atoms with Gasteiger partial charge in [-0.05, 0) is 30.4 Å². The van der Waals surface area contributed by atoms with Crippen LogP contribution in [0.5, 0.6) is 5.75 Å². The number of ether oxygens (including phenoxy) is 1. The Morgan fingerprint density at radius 1 is 1.36 bits per heavy atom. The topological polar surface area (TPSA) is 9.23 Å². The first-order valence-electron chi connectivity index (χ1n) is 4.96. The third kappa shape index (κ3) is 2.72. The van der Waals surface area contributed by atoms with Gasteiger partial charge in [0.25, 0.3) is 0 Å². The molecule has 2 heteroatoms. The zero-order valence-electron chi connectivity index (χ0n) is 9.01. The number of methoxy groups -OCH3 is 1. The van der Waals surface area contributed by atoms with Gasteiger partial charge in [-0.2, -0.15) is 0 Å². The Labute approximate surface area is 84.9 Å². The van der Waals surface area contributed by atoms with Gasteiger partial charge in [0.1, 0.15) is 0 Å². The summed E-state index contributed by atoms with van der Waals surface area (Å²) in [7, 11) is 1.49. The lowest BCUT2D eigenvalue weighted by Crippen LogP contribution is -1.97. The fraction of sp³-hybridized carbons (Fsp3) is 0.500. The third-order valence-corrected chi connectivity index (χ3v) is 2.25. The average molecular weight is 196 g/mol. The van der Waals surface area contributed by atoms with Gasteiger partial charge in [-0.15, -0.1) is 0 Å². The fourth-order valence-electron chi connectivity index (χ4n) is 1.35. The molecule has 0 aliphatic carbocycles. The zero-order valence-corrected chi connectivity index (χ0v) is 9.01. The van der Waals surface area contributed by atoms with Crippen molar-refractivity contribution in [2.45, 2.75) is 26.7 Å². The van der Waals surface area contributed by atoms with Gasteiger partial charge in [-0.1, -0.05) is 26.0 Å². The lowest BCUT2D eigenvalue weighted by molar-refractivity contribution is 0.383. The van der Waals surface area contributed by atoms with Crippen LogP contribution >= 0.6 is 0 Å². The van der Waals surface area contributed by atoms with Crippen LogP contribution in [0, 0.1) is 11.7 Å². The predicted octanol–water partition coefficient (Wildman–Crippen LogP) is 3.42. The van der Waals surface area contributed by atoms with Gasteiger partial charge in [-0.25, -0.2) is 4.39 Å². The summed E-state index contributed by atoms with van der Waals surface area (Å²) in [6.45, 7) is 4.27. The lowest BCUT2D eigenvalue weighted by atomic mass is 10.0. The second-order valence-electron chi connectivity index (χ2n) is 3.87. The van der Waals surface area contributed by atoms with Crippen molar-refractivity contribution >= 4 is 0 Å². The number of hydrogen-bond donors (Lipinski definition) is 0. The monoisotopic (exact) mass is 196 g/mol. The van der Waals surface area contributed by atoms with E-state index in [2.05, 4.69) is 13.8 Å². The molecule has 0 fully saturated rings. The second kappa shape index (κ2) is 4.99. The molecule has 78 valence electrons. The van der Waals surface area contributed by atoms with Gasteiger partial charge in [0, 0.05) is 0 Å². The lowest BCUT2D eigenvalue weighted by Gasteiger charge is -2.08. The van der Waals surface area contributed by atoms with Crippen LogP contribution in [-0.4, -0.2) is 7.11 Å². The van der Waals surface area contributed by atoms with Crippen molar-refractivity contribution in [1.82, 2.24) is 0 Å². The van der Waals surface area contributed by atoms with Crippen molar-refractivity contribution in [3.05, 3.63) is 29.6 Å². The van der Waals surface area contributed by atoms with E-state index in [9.17, 15) is 4.39 Å². The summed E-state index contributed by atoms with van der Waals surface area (Å²) in [4.78, 5) is 0. The molecule has 0 unspecified atom stereocenters. The van der Waals surface area contributed by atoms with Crippen LogP contribution in [0.3, 0.4) is 0 Å². The fourth-order valence-corrected chi connectivity index (χ4v) is 1.35. The van der Waals surface area contributed by atoms with Crippen molar-refractivity contribution in [3.63, 3.8) is 0 Å². The van der Waals surface area contributed by atoms with Crippen LogP contribution in [0.25, 0.3) is 0 Å². The summed E-state index contributed by atoms with van der Waals surface area (Å²) in [6.07, 6.45) is 1.78. The van der Waals surface area contributed by atoms with Crippen molar-refractivity contribution in [3.8, 4) is 5.75 Å². The van der Waals surface area contributed by atoms with Crippen LogP contribution in [0.4, 0.5) is 4.39 Å². The van der Waals surface area contributed by atoms with Gasteiger partial charge in [-0.3, -0.25) is 0 Å². The maximum absolute atomic E-state index is 13.6. The molecule has 0 radical (unpaired) electrons. The van der Waals surface area contributed by atoms with Crippen LogP contribution < -0.4 is 4.74 Å². The van der Waals surface area contributed by atoms with Crippen LogP contribution in [-0.2, 0) is 6.42 Å². The molecule has 1 rings (SSSR count). The van der Waals surface area contributed by atoms with E-state index < -0.39 is 0 Å². The standard InChI is InChI=1S/C12H17FO/c1-9(2)7-8-10-5-4-6-11(14-3)12(10)13/h4-6,9H,7-8H2,1-3H3. The normalized spacial score (nSPS) is 10.6. The van der Waals surface area contributed by atoms with E-state index in [4.69, 9.17) is 4.74 Å². The third-order valence-electron chi connectivity index (χ3n) is 2.25. The molecule has 0 aromatic heterocycles. The molecular weight excluding hydrogens is 179 g/mol. The van der Waals surface area contributed by atoms with E-state index in [1.54, 1.807) is 6.07 Å². The smallest absolute Gasteiger partial charge is 0.168 e. The molecule has 14 heavy (non-hydrogen) atoms. The number of aryl methyl sites for hydroxylation is 1. The van der Waals surface area contributed by atoms with Gasteiger partial charge in [0.15, 0.2) is 11.6 Å². The first-order valence-corrected chi connectivity index (χ1v) is 4.96. The van der Waals surface area contributed by atoms with Gasteiger partial charge in [0.2, 0.25) is 0 Å². The number of rotatable bonds is 4. The highest BCUT2D eigenvalue weighted by Gasteiger charge is 2.08. The highest BCUT2D eigenvalue weighted by Crippen LogP contribution is 2.21. The van der Waals surface area contributed by atoms with E-state index in [0.29, 0.717) is 11.7 Å². The largest absolute Gasteiger partial charge is 0.494 e. The first kappa shape index (κ1) is 11.0. The van der Waals surface area contributed by atoms with Crippen LogP contribution in [0.1, 0.15) is 25.8 Å². The Hall–Kier alpha value is -1.05. The summed E-state index contributed by atoms with van der Waals surface area (Å²) in [6, 6.07) is 5.30. The van der Waals surface area contributed by atoms with Crippen molar-refractivity contribution in [2.24, 2.45) is 5.92 Å². The minimum atomic E-state index is -0.212. The summed E-state index contributed by atoms with van der Waals surface area (Å²) in [5, 5.41) is 0. The number of halogens is 1. The molecule has 0 aliphatic heterocycles. The van der Waals surface area contributed by atoms with Gasteiger partial charge < -0.3 is 4.74 Å². The predicted molar refractivity (Wildman–Crippen MR) is 56.1 cm³/mol. The van der Waals surface area contributed by atoms with E-state index >= 15 is 0 Å². The Kier molecular flexibility index (Phi) is 3.93. The molecule has 1 aromatic carbocycles. The molecule has 1 aromatic rings. The molecule has 0 heterocycles. The Bertz CT molecular complexity index is 294. The maximum atomic E-state index is 13.6. The van der Waals surface area contributed by atoms with Crippen LogP contribution in [0.15, 0.2) is 18.2 Å². The minimum absolute atomic E-state index is 0.212. The molecule has 0 N–H and O–H groups in total. The Morgan fingerprint density at radius 2 is 2.07 bits per heavy atom. The quantitative estimate of drug-likeness (QED) is 0.717. The van der Waals surface area contributed by atoms with E-state index in [1.807, 2.05) is 12.1 Å². The SMILES string of the molecule is COc1cccc(CCC(C)C)c1F. The summed E-state index contributed by atoms with van der Waals surface area (Å²) in [5.74, 6) is 0.725. The molecule has 0 saturated carbocycles. The highest BCUT2D eigenvalue weighted by molar-refractivity contribution is 5.31. The maximum Gasteiger partial charge on any atom is 0.168 e. The molecular formula is C12H17FO. The number of hydrogen-bond acceptors (Lipinski definition) is 1. The molecule has 0 saturated heterocycles. The highest BCUT2D eigenvalue weighted by atomic mass is 19.1. The van der Waals surface area contributed by atoms with Crippen molar-refractivity contribution in [2.75, 3.05) is 7.11 Å². The van der Waals surface area contributed by atoms with Gasteiger partial charge >= 0.3 is 0 Å². The van der Waals surface area contributed by atoms with E-state index in [-0.39, 0.29) is 5.82 Å². The Morgan fingerprint density at radius 3 is 2.64 bits per heavy atom. The van der Waals surface area contributed by atoms with Crippen LogP contribution in [0.2, 0.25) is 0 Å². The summed E-state index contributed by atoms with van der Waals surface area (Å²) < 4.78 is 18.5. The van der Waals surface area contributed by atoms with E-state index in [0.717, 1.165) is 18.4 Å². The zero-order chi connectivity index (χ0) is 10.6. The summed E-state index contributed by atoms with van der Waals surface area (Å²) >= 11 is 0. The number of benzene rings is 1. The van der Waals surface area contributed by atoms with E-state index in [1.165, 1.54) is 7.11 Å². The molecule has 0 bridgehead atoms. The minimum Gasteiger partial charge on any atom is -0.494 e. The Balaban J connectivity index is 2.76. The van der Waals surface area contributed by atoms with Crippen molar-refractivity contribution in [1.29, 1.82) is 0 Å². The molecule has 0 spiro atoms. The molecule has 0 aliphatic rings. The second-order valence-corrected chi connectivity index (χ2v) is 3.87. The van der Waals surface area contributed by atoms with Crippen molar-refractivity contribution < 1.29 is 9.13 Å². The molecule has 0 atom stereocenters. The molecule has 0 amide bonds. The summed E-state index contributed by atoms with van der Waals surface area (Å²) in [5.41, 5.74) is 0.748.